The van der Waals surface area contributed by atoms with Crippen LogP contribution in [0.1, 0.15) is 18.4 Å². The summed E-state index contributed by atoms with van der Waals surface area (Å²) in [5, 5.41) is 8.94. The van der Waals surface area contributed by atoms with Crippen LogP contribution in [0.4, 0.5) is 0 Å². The third-order valence-corrected chi connectivity index (χ3v) is 5.22. The van der Waals surface area contributed by atoms with Crippen molar-refractivity contribution in [3.63, 3.8) is 0 Å². The van der Waals surface area contributed by atoms with E-state index in [1.165, 1.54) is 31.0 Å². The average molecular weight is 314 g/mol. The summed E-state index contributed by atoms with van der Waals surface area (Å²) in [5.41, 5.74) is 0.268. The van der Waals surface area contributed by atoms with E-state index < -0.39 is 10.0 Å². The summed E-state index contributed by atoms with van der Waals surface area (Å²) in [4.78, 5) is 2.09. The standard InChI is InChI=1S/C13H16ClN3O2S/c1-17(11-3-4-11)7-6-16-20(18,19)13-8-10(9-15)2-5-12(13)14/h2,5,8,11,16H,3-4,6-7H2,1H3. The Bertz CT molecular complexity index is 636. The predicted octanol–water partition coefficient (Wildman–Crippen LogP) is 1.58. The third-order valence-electron chi connectivity index (χ3n) is 3.28. The van der Waals surface area contributed by atoms with Gasteiger partial charge in [-0.25, -0.2) is 13.1 Å². The van der Waals surface area contributed by atoms with Crippen molar-refractivity contribution < 1.29 is 8.42 Å². The fourth-order valence-corrected chi connectivity index (χ4v) is 3.46. The molecule has 0 aliphatic heterocycles. The highest BCUT2D eigenvalue weighted by Gasteiger charge is 2.26. The van der Waals surface area contributed by atoms with E-state index >= 15 is 0 Å². The highest BCUT2D eigenvalue weighted by Crippen LogP contribution is 2.25. The van der Waals surface area contributed by atoms with Crippen LogP contribution in [0.5, 0.6) is 0 Å². The number of halogens is 1. The molecule has 1 aliphatic carbocycles. The molecular weight excluding hydrogens is 298 g/mol. The molecule has 0 unspecified atom stereocenters. The zero-order chi connectivity index (χ0) is 14.8. The van der Waals surface area contributed by atoms with Crippen molar-refractivity contribution in [1.29, 1.82) is 5.26 Å². The lowest BCUT2D eigenvalue weighted by molar-refractivity contribution is 0.329. The Morgan fingerprint density at radius 2 is 2.20 bits per heavy atom. The van der Waals surface area contributed by atoms with E-state index in [9.17, 15) is 8.42 Å². The van der Waals surface area contributed by atoms with Crippen LogP contribution in [0.2, 0.25) is 5.02 Å². The summed E-state index contributed by atoms with van der Waals surface area (Å²) in [5.74, 6) is 0. The molecule has 0 saturated heterocycles. The number of likely N-dealkylation sites (N-methyl/N-ethyl adjacent to an activating group) is 1. The van der Waals surface area contributed by atoms with Crippen LogP contribution in [-0.2, 0) is 10.0 Å². The second-order valence-corrected chi connectivity index (χ2v) is 7.01. The van der Waals surface area contributed by atoms with E-state index in [0.29, 0.717) is 19.1 Å². The largest absolute Gasteiger partial charge is 0.302 e. The van der Waals surface area contributed by atoms with Crippen LogP contribution in [0.15, 0.2) is 23.1 Å². The van der Waals surface area contributed by atoms with Crippen LogP contribution in [0.3, 0.4) is 0 Å². The molecule has 1 saturated carbocycles. The first-order chi connectivity index (χ1) is 9.44. The van der Waals surface area contributed by atoms with Gasteiger partial charge in [-0.3, -0.25) is 0 Å². The summed E-state index contributed by atoms with van der Waals surface area (Å²) >= 11 is 5.90. The molecule has 7 heteroatoms. The number of benzene rings is 1. The van der Waals surface area contributed by atoms with E-state index in [0.717, 1.165) is 0 Å². The first-order valence-corrected chi connectivity index (χ1v) is 8.20. The van der Waals surface area contributed by atoms with Gasteiger partial charge in [-0.05, 0) is 38.1 Å². The summed E-state index contributed by atoms with van der Waals surface area (Å²) in [6.07, 6.45) is 2.36. The maximum Gasteiger partial charge on any atom is 0.242 e. The third kappa shape index (κ3) is 3.70. The van der Waals surface area contributed by atoms with Crippen molar-refractivity contribution in [1.82, 2.24) is 9.62 Å². The summed E-state index contributed by atoms with van der Waals surface area (Å²) in [6.45, 7) is 0.974. The zero-order valence-corrected chi connectivity index (χ0v) is 12.7. The molecule has 108 valence electrons. The molecule has 1 N–H and O–H groups in total. The van der Waals surface area contributed by atoms with E-state index in [2.05, 4.69) is 9.62 Å². The Morgan fingerprint density at radius 1 is 1.50 bits per heavy atom. The van der Waals surface area contributed by atoms with Crippen molar-refractivity contribution >= 4 is 21.6 Å². The Labute approximate surface area is 124 Å². The molecule has 0 amide bonds. The topological polar surface area (TPSA) is 73.2 Å². The smallest absolute Gasteiger partial charge is 0.242 e. The molecule has 0 heterocycles. The molecule has 1 aromatic rings. The maximum absolute atomic E-state index is 12.2. The molecule has 20 heavy (non-hydrogen) atoms. The van der Waals surface area contributed by atoms with Gasteiger partial charge in [-0.2, -0.15) is 5.26 Å². The minimum absolute atomic E-state index is 0.0488. The first-order valence-electron chi connectivity index (χ1n) is 6.33. The lowest BCUT2D eigenvalue weighted by atomic mass is 10.2. The van der Waals surface area contributed by atoms with Crippen molar-refractivity contribution in [3.05, 3.63) is 28.8 Å². The van der Waals surface area contributed by atoms with Gasteiger partial charge in [0.05, 0.1) is 16.7 Å². The molecule has 2 rings (SSSR count). The number of nitrogens with one attached hydrogen (secondary N) is 1. The SMILES string of the molecule is CN(CCNS(=O)(=O)c1cc(C#N)ccc1Cl)C1CC1. The number of nitrogens with zero attached hydrogens (tertiary/aromatic N) is 2. The highest BCUT2D eigenvalue weighted by atomic mass is 35.5. The fraction of sp³-hybridized carbons (Fsp3) is 0.462. The number of hydrogen-bond donors (Lipinski definition) is 1. The molecule has 1 aromatic carbocycles. The van der Waals surface area contributed by atoms with Crippen molar-refractivity contribution in [2.45, 2.75) is 23.8 Å². The van der Waals surface area contributed by atoms with Gasteiger partial charge >= 0.3 is 0 Å². The normalized spacial score (nSPS) is 15.3. The minimum Gasteiger partial charge on any atom is -0.302 e. The van der Waals surface area contributed by atoms with E-state index in [4.69, 9.17) is 16.9 Å². The van der Waals surface area contributed by atoms with Crippen LogP contribution in [-0.4, -0.2) is 39.5 Å². The van der Waals surface area contributed by atoms with Gasteiger partial charge in [0, 0.05) is 19.1 Å². The quantitative estimate of drug-likeness (QED) is 0.865. The summed E-state index contributed by atoms with van der Waals surface area (Å²) in [7, 11) is -1.70. The highest BCUT2D eigenvalue weighted by molar-refractivity contribution is 7.89. The van der Waals surface area contributed by atoms with E-state index in [-0.39, 0.29) is 15.5 Å². The summed E-state index contributed by atoms with van der Waals surface area (Å²) in [6, 6.07) is 6.69. The first kappa shape index (κ1) is 15.3. The molecular formula is C13H16ClN3O2S. The second-order valence-electron chi connectivity index (χ2n) is 4.87. The lowest BCUT2D eigenvalue weighted by Crippen LogP contribution is -2.34. The van der Waals surface area contributed by atoms with Gasteiger partial charge in [0.15, 0.2) is 0 Å². The maximum atomic E-state index is 12.2. The zero-order valence-electron chi connectivity index (χ0n) is 11.1. The van der Waals surface area contributed by atoms with Crippen molar-refractivity contribution in [2.75, 3.05) is 20.1 Å². The Hall–Kier alpha value is -1.13. The minimum atomic E-state index is -3.68. The lowest BCUT2D eigenvalue weighted by Gasteiger charge is -2.16. The van der Waals surface area contributed by atoms with Crippen LogP contribution >= 0.6 is 11.6 Å². The number of hydrogen-bond acceptors (Lipinski definition) is 4. The van der Waals surface area contributed by atoms with Gasteiger partial charge in [-0.15, -0.1) is 0 Å². The van der Waals surface area contributed by atoms with Gasteiger partial charge in [0.2, 0.25) is 10.0 Å². The van der Waals surface area contributed by atoms with Crippen LogP contribution in [0, 0.1) is 11.3 Å². The monoisotopic (exact) mass is 313 g/mol. The molecule has 1 fully saturated rings. The van der Waals surface area contributed by atoms with Crippen LogP contribution in [0.25, 0.3) is 0 Å². The molecule has 1 aliphatic rings. The number of sulfonamides is 1. The molecule has 0 aromatic heterocycles. The van der Waals surface area contributed by atoms with Crippen LogP contribution < -0.4 is 4.72 Å². The van der Waals surface area contributed by atoms with E-state index in [1.54, 1.807) is 0 Å². The van der Waals surface area contributed by atoms with Gasteiger partial charge < -0.3 is 4.90 Å². The van der Waals surface area contributed by atoms with Crippen molar-refractivity contribution in [2.24, 2.45) is 0 Å². The Morgan fingerprint density at radius 3 is 2.80 bits per heavy atom. The molecule has 0 spiro atoms. The van der Waals surface area contributed by atoms with Gasteiger partial charge in [-0.1, -0.05) is 11.6 Å². The molecule has 5 nitrogen and oxygen atoms in total. The van der Waals surface area contributed by atoms with E-state index in [1.807, 2.05) is 13.1 Å². The number of rotatable bonds is 6. The average Bonchev–Trinajstić information content (AvgIpc) is 3.23. The fourth-order valence-electron chi connectivity index (χ4n) is 1.91. The molecule has 0 atom stereocenters. The summed E-state index contributed by atoms with van der Waals surface area (Å²) < 4.78 is 26.8. The second kappa shape index (κ2) is 6.10. The number of nitriles is 1. The molecule has 0 bridgehead atoms. The Balaban J connectivity index is 2.04. The predicted molar refractivity (Wildman–Crippen MR) is 77.0 cm³/mol. The van der Waals surface area contributed by atoms with Crippen molar-refractivity contribution in [3.8, 4) is 6.07 Å². The van der Waals surface area contributed by atoms with Gasteiger partial charge in [0.25, 0.3) is 0 Å². The van der Waals surface area contributed by atoms with Gasteiger partial charge in [0.1, 0.15) is 4.90 Å². The molecule has 0 radical (unpaired) electrons. The Kier molecular flexibility index (Phi) is 4.66.